The van der Waals surface area contributed by atoms with Crippen LogP contribution in [0.1, 0.15) is 31.7 Å². The van der Waals surface area contributed by atoms with E-state index in [1.165, 1.54) is 29.2 Å². The topological polar surface area (TPSA) is 35.2 Å². The van der Waals surface area contributed by atoms with Gasteiger partial charge in [-0.1, -0.05) is 31.2 Å². The minimum Gasteiger partial charge on any atom is -0.493 e. The number of nitrogens with two attached hydrogens (primary N) is 1. The molecule has 1 fully saturated rings. The van der Waals surface area contributed by atoms with Gasteiger partial charge in [0.25, 0.3) is 0 Å². The lowest BCUT2D eigenvalue weighted by Crippen LogP contribution is -2.21. The zero-order valence-electron chi connectivity index (χ0n) is 12.5. The molecular formula is C18H24ClNO. The molecule has 0 bridgehead atoms. The highest BCUT2D eigenvalue weighted by molar-refractivity contribution is 5.85. The molecule has 0 radical (unpaired) electrons. The van der Waals surface area contributed by atoms with Crippen LogP contribution in [0.2, 0.25) is 0 Å². The number of fused-ring (bicyclic) bond motifs is 1. The summed E-state index contributed by atoms with van der Waals surface area (Å²) in [6.45, 7) is 3.00. The first kappa shape index (κ1) is 16.1. The Bertz CT molecular complexity index is 595. The van der Waals surface area contributed by atoms with Gasteiger partial charge >= 0.3 is 0 Å². The molecule has 1 aliphatic carbocycles. The van der Waals surface area contributed by atoms with Gasteiger partial charge in [-0.05, 0) is 60.1 Å². The van der Waals surface area contributed by atoms with Gasteiger partial charge in [0.2, 0.25) is 0 Å². The van der Waals surface area contributed by atoms with Crippen molar-refractivity contribution in [2.75, 3.05) is 6.61 Å². The second-order valence-electron chi connectivity index (χ2n) is 5.97. The molecule has 2 aromatic carbocycles. The van der Waals surface area contributed by atoms with E-state index in [4.69, 9.17) is 10.5 Å². The number of benzene rings is 2. The Kier molecular flexibility index (Phi) is 5.49. The summed E-state index contributed by atoms with van der Waals surface area (Å²) < 4.78 is 5.83. The molecule has 0 amide bonds. The first-order chi connectivity index (χ1) is 9.74. The molecule has 1 aliphatic rings. The Morgan fingerprint density at radius 1 is 1.14 bits per heavy atom. The maximum Gasteiger partial charge on any atom is 0.119 e. The molecule has 1 atom stereocenters. The van der Waals surface area contributed by atoms with E-state index >= 15 is 0 Å². The van der Waals surface area contributed by atoms with Crippen molar-refractivity contribution >= 4 is 23.2 Å². The Balaban J connectivity index is 0.00000161. The fourth-order valence-corrected chi connectivity index (χ4v) is 2.44. The Labute approximate surface area is 133 Å². The van der Waals surface area contributed by atoms with Crippen LogP contribution in [-0.2, 0) is 6.42 Å². The Hall–Kier alpha value is -1.25. The summed E-state index contributed by atoms with van der Waals surface area (Å²) in [5, 5.41) is 2.51. The minimum absolute atomic E-state index is 0. The van der Waals surface area contributed by atoms with Crippen molar-refractivity contribution < 1.29 is 4.74 Å². The van der Waals surface area contributed by atoms with E-state index in [0.29, 0.717) is 0 Å². The molecule has 3 rings (SSSR count). The fourth-order valence-electron chi connectivity index (χ4n) is 2.44. The summed E-state index contributed by atoms with van der Waals surface area (Å²) in [4.78, 5) is 0. The van der Waals surface area contributed by atoms with Crippen LogP contribution in [0.3, 0.4) is 0 Å². The van der Waals surface area contributed by atoms with Crippen LogP contribution in [0.25, 0.3) is 10.8 Å². The maximum absolute atomic E-state index is 6.03. The zero-order chi connectivity index (χ0) is 13.9. The standard InChI is InChI=1S/C18H23NO.ClH/c1-2-17(19)10-14-5-6-16-11-18(8-7-15(16)9-14)20-12-13-3-4-13;/h5-9,11,13,17H,2-4,10,12,19H2,1H3;1H. The van der Waals surface area contributed by atoms with Crippen molar-refractivity contribution in [1.82, 2.24) is 0 Å². The van der Waals surface area contributed by atoms with E-state index in [-0.39, 0.29) is 18.4 Å². The molecule has 1 unspecified atom stereocenters. The first-order valence-electron chi connectivity index (χ1n) is 7.65. The minimum atomic E-state index is 0. The van der Waals surface area contributed by atoms with E-state index in [1.807, 2.05) is 0 Å². The summed E-state index contributed by atoms with van der Waals surface area (Å²) in [6, 6.07) is 13.2. The molecule has 0 heterocycles. The molecular weight excluding hydrogens is 282 g/mol. The van der Waals surface area contributed by atoms with Crippen LogP contribution in [0, 0.1) is 5.92 Å². The number of rotatable bonds is 6. The first-order valence-corrected chi connectivity index (χ1v) is 7.65. The molecule has 0 aliphatic heterocycles. The average molecular weight is 306 g/mol. The highest BCUT2D eigenvalue weighted by atomic mass is 35.5. The Morgan fingerprint density at radius 2 is 1.86 bits per heavy atom. The molecule has 2 nitrogen and oxygen atoms in total. The predicted molar refractivity (Wildman–Crippen MR) is 91.4 cm³/mol. The normalized spacial score (nSPS) is 15.5. The summed E-state index contributed by atoms with van der Waals surface area (Å²) in [5.74, 6) is 1.78. The summed E-state index contributed by atoms with van der Waals surface area (Å²) in [7, 11) is 0. The van der Waals surface area contributed by atoms with Gasteiger partial charge in [-0.3, -0.25) is 0 Å². The second kappa shape index (κ2) is 7.15. The van der Waals surface area contributed by atoms with Crippen molar-refractivity contribution in [2.45, 2.75) is 38.6 Å². The van der Waals surface area contributed by atoms with Gasteiger partial charge in [-0.2, -0.15) is 0 Å². The summed E-state index contributed by atoms with van der Waals surface area (Å²) in [6.07, 6.45) is 4.63. The number of halogens is 1. The van der Waals surface area contributed by atoms with Crippen molar-refractivity contribution in [2.24, 2.45) is 11.7 Å². The van der Waals surface area contributed by atoms with E-state index in [0.717, 1.165) is 31.1 Å². The van der Waals surface area contributed by atoms with Crippen molar-refractivity contribution in [3.05, 3.63) is 42.0 Å². The highest BCUT2D eigenvalue weighted by Crippen LogP contribution is 2.30. The molecule has 0 saturated heterocycles. The fraction of sp³-hybridized carbons (Fsp3) is 0.444. The third-order valence-corrected chi connectivity index (χ3v) is 4.08. The monoisotopic (exact) mass is 305 g/mol. The van der Waals surface area contributed by atoms with Crippen LogP contribution in [0.4, 0.5) is 0 Å². The molecule has 2 N–H and O–H groups in total. The van der Waals surface area contributed by atoms with Crippen LogP contribution < -0.4 is 10.5 Å². The molecule has 3 heteroatoms. The quantitative estimate of drug-likeness (QED) is 0.862. The van der Waals surface area contributed by atoms with Crippen LogP contribution in [0.15, 0.2) is 36.4 Å². The second-order valence-corrected chi connectivity index (χ2v) is 5.97. The van der Waals surface area contributed by atoms with Gasteiger partial charge in [-0.15, -0.1) is 12.4 Å². The van der Waals surface area contributed by atoms with Gasteiger partial charge in [0, 0.05) is 6.04 Å². The number of hydrogen-bond acceptors (Lipinski definition) is 2. The van der Waals surface area contributed by atoms with E-state index in [1.54, 1.807) is 0 Å². The summed E-state index contributed by atoms with van der Waals surface area (Å²) >= 11 is 0. The number of ether oxygens (including phenoxy) is 1. The van der Waals surface area contributed by atoms with Crippen molar-refractivity contribution in [3.63, 3.8) is 0 Å². The van der Waals surface area contributed by atoms with Gasteiger partial charge in [0.15, 0.2) is 0 Å². The van der Waals surface area contributed by atoms with E-state index in [2.05, 4.69) is 43.3 Å². The lowest BCUT2D eigenvalue weighted by molar-refractivity contribution is 0.300. The SMILES string of the molecule is CCC(N)Cc1ccc2cc(OCC3CC3)ccc2c1.Cl. The van der Waals surface area contributed by atoms with Crippen molar-refractivity contribution in [3.8, 4) is 5.75 Å². The van der Waals surface area contributed by atoms with Gasteiger partial charge in [-0.25, -0.2) is 0 Å². The van der Waals surface area contributed by atoms with Crippen LogP contribution in [-0.4, -0.2) is 12.6 Å². The molecule has 114 valence electrons. The largest absolute Gasteiger partial charge is 0.493 e. The van der Waals surface area contributed by atoms with E-state index < -0.39 is 0 Å². The van der Waals surface area contributed by atoms with Crippen LogP contribution in [0.5, 0.6) is 5.75 Å². The molecule has 2 aromatic rings. The molecule has 0 spiro atoms. The van der Waals surface area contributed by atoms with Crippen LogP contribution >= 0.6 is 12.4 Å². The average Bonchev–Trinajstić information content (AvgIpc) is 3.29. The van der Waals surface area contributed by atoms with Crippen molar-refractivity contribution in [1.29, 1.82) is 0 Å². The molecule has 21 heavy (non-hydrogen) atoms. The summed E-state index contributed by atoms with van der Waals surface area (Å²) in [5.41, 5.74) is 7.34. The van der Waals surface area contributed by atoms with Gasteiger partial charge < -0.3 is 10.5 Å². The third kappa shape index (κ3) is 4.36. The lowest BCUT2D eigenvalue weighted by atomic mass is 10.0. The maximum atomic E-state index is 6.03. The third-order valence-electron chi connectivity index (χ3n) is 4.08. The predicted octanol–water partition coefficient (Wildman–Crippen LogP) is 4.33. The number of hydrogen-bond donors (Lipinski definition) is 1. The van der Waals surface area contributed by atoms with E-state index in [9.17, 15) is 0 Å². The molecule has 1 saturated carbocycles. The zero-order valence-corrected chi connectivity index (χ0v) is 13.4. The Morgan fingerprint density at radius 3 is 2.57 bits per heavy atom. The van der Waals surface area contributed by atoms with Gasteiger partial charge in [0.1, 0.15) is 5.75 Å². The molecule has 0 aromatic heterocycles. The lowest BCUT2D eigenvalue weighted by Gasteiger charge is -2.10. The van der Waals surface area contributed by atoms with Gasteiger partial charge in [0.05, 0.1) is 6.61 Å². The smallest absolute Gasteiger partial charge is 0.119 e. The highest BCUT2D eigenvalue weighted by Gasteiger charge is 2.21.